The van der Waals surface area contributed by atoms with Gasteiger partial charge in [-0.05, 0) is 18.2 Å². The summed E-state index contributed by atoms with van der Waals surface area (Å²) in [4.78, 5) is 23.4. The first kappa shape index (κ1) is 13.5. The van der Waals surface area contributed by atoms with Gasteiger partial charge in [-0.15, -0.1) is 0 Å². The fourth-order valence-electron chi connectivity index (χ4n) is 1.68. The van der Waals surface area contributed by atoms with Crippen LogP contribution in [-0.2, 0) is 9.59 Å². The molecule has 0 radical (unpaired) electrons. The molecule has 0 unspecified atom stereocenters. The van der Waals surface area contributed by atoms with Crippen molar-refractivity contribution in [3.63, 3.8) is 0 Å². The lowest BCUT2D eigenvalue weighted by atomic mass is 10.0. The Labute approximate surface area is 112 Å². The van der Waals surface area contributed by atoms with Gasteiger partial charge >= 0.3 is 0 Å². The molecule has 2 amide bonds. The van der Waals surface area contributed by atoms with E-state index in [-0.39, 0.29) is 23.7 Å². The SMILES string of the molecule is CC(C)C(=O)Nc1cccc(NC(=O)C2CNC2)c1. The van der Waals surface area contributed by atoms with Gasteiger partial charge in [0.05, 0.1) is 5.92 Å². The molecule has 0 aliphatic carbocycles. The number of hydrogen-bond donors (Lipinski definition) is 3. The van der Waals surface area contributed by atoms with Crippen LogP contribution in [0, 0.1) is 11.8 Å². The van der Waals surface area contributed by atoms with Crippen LogP contribution in [0.2, 0.25) is 0 Å². The first-order chi connectivity index (χ1) is 9.06. The average Bonchev–Trinajstić information content (AvgIpc) is 2.26. The lowest BCUT2D eigenvalue weighted by molar-refractivity contribution is -0.121. The maximum atomic E-state index is 11.8. The quantitative estimate of drug-likeness (QED) is 0.768. The predicted octanol–water partition coefficient (Wildman–Crippen LogP) is 1.44. The van der Waals surface area contributed by atoms with E-state index in [0.717, 1.165) is 13.1 Å². The lowest BCUT2D eigenvalue weighted by Crippen LogP contribution is -2.48. The Bertz CT molecular complexity index is 481. The van der Waals surface area contributed by atoms with Crippen molar-refractivity contribution in [2.24, 2.45) is 11.8 Å². The second-order valence-corrected chi connectivity index (χ2v) is 5.07. The van der Waals surface area contributed by atoms with Crippen LogP contribution in [0.5, 0.6) is 0 Å². The Morgan fingerprint density at radius 1 is 1.21 bits per heavy atom. The van der Waals surface area contributed by atoms with Crippen molar-refractivity contribution in [2.45, 2.75) is 13.8 Å². The van der Waals surface area contributed by atoms with E-state index >= 15 is 0 Å². The van der Waals surface area contributed by atoms with Gasteiger partial charge in [0.1, 0.15) is 0 Å². The van der Waals surface area contributed by atoms with Crippen LogP contribution < -0.4 is 16.0 Å². The lowest BCUT2D eigenvalue weighted by Gasteiger charge is -2.25. The highest BCUT2D eigenvalue weighted by atomic mass is 16.2. The summed E-state index contributed by atoms with van der Waals surface area (Å²) in [7, 11) is 0. The minimum Gasteiger partial charge on any atom is -0.326 e. The highest BCUT2D eigenvalue weighted by molar-refractivity contribution is 5.95. The van der Waals surface area contributed by atoms with Gasteiger partial charge in [-0.3, -0.25) is 9.59 Å². The van der Waals surface area contributed by atoms with Crippen LogP contribution in [0.25, 0.3) is 0 Å². The fourth-order valence-corrected chi connectivity index (χ4v) is 1.68. The van der Waals surface area contributed by atoms with Gasteiger partial charge in [0, 0.05) is 30.4 Å². The molecule has 0 spiro atoms. The summed E-state index contributed by atoms with van der Waals surface area (Å²) in [5.74, 6) is -0.0361. The van der Waals surface area contributed by atoms with Crippen molar-refractivity contribution in [3.05, 3.63) is 24.3 Å². The van der Waals surface area contributed by atoms with Gasteiger partial charge in [0.25, 0.3) is 0 Å². The van der Waals surface area contributed by atoms with Crippen molar-refractivity contribution in [2.75, 3.05) is 23.7 Å². The summed E-state index contributed by atoms with van der Waals surface area (Å²) in [6.45, 7) is 5.14. The third-order valence-electron chi connectivity index (χ3n) is 3.07. The summed E-state index contributed by atoms with van der Waals surface area (Å²) in [5, 5.41) is 8.73. The molecule has 102 valence electrons. The molecule has 1 aromatic rings. The van der Waals surface area contributed by atoms with Crippen molar-refractivity contribution < 1.29 is 9.59 Å². The Morgan fingerprint density at radius 3 is 2.37 bits per heavy atom. The summed E-state index contributed by atoms with van der Waals surface area (Å²) in [6.07, 6.45) is 0. The smallest absolute Gasteiger partial charge is 0.230 e. The first-order valence-electron chi connectivity index (χ1n) is 6.49. The van der Waals surface area contributed by atoms with Gasteiger partial charge < -0.3 is 16.0 Å². The number of amides is 2. The first-order valence-corrected chi connectivity index (χ1v) is 6.49. The van der Waals surface area contributed by atoms with E-state index in [0.29, 0.717) is 11.4 Å². The number of anilines is 2. The molecule has 1 aliphatic heterocycles. The molecule has 2 rings (SSSR count). The van der Waals surface area contributed by atoms with Gasteiger partial charge in [0.15, 0.2) is 0 Å². The van der Waals surface area contributed by atoms with Crippen LogP contribution in [0.1, 0.15) is 13.8 Å². The second-order valence-electron chi connectivity index (χ2n) is 5.07. The standard InChI is InChI=1S/C14H19N3O2/c1-9(2)13(18)16-11-4-3-5-12(6-11)17-14(19)10-7-15-8-10/h3-6,9-10,15H,7-8H2,1-2H3,(H,16,18)(H,17,19). The molecule has 0 aromatic heterocycles. The molecule has 3 N–H and O–H groups in total. The molecule has 1 aliphatic rings. The van der Waals surface area contributed by atoms with Gasteiger partial charge in [-0.1, -0.05) is 19.9 Å². The number of rotatable bonds is 4. The maximum absolute atomic E-state index is 11.8. The predicted molar refractivity (Wildman–Crippen MR) is 74.9 cm³/mol. The topological polar surface area (TPSA) is 70.2 Å². The van der Waals surface area contributed by atoms with E-state index in [2.05, 4.69) is 16.0 Å². The summed E-state index contributed by atoms with van der Waals surface area (Å²) in [5.41, 5.74) is 1.40. The molecular formula is C14H19N3O2. The molecule has 0 saturated carbocycles. The zero-order valence-corrected chi connectivity index (χ0v) is 11.2. The van der Waals surface area contributed by atoms with E-state index in [1.54, 1.807) is 12.1 Å². The molecule has 0 bridgehead atoms. The van der Waals surface area contributed by atoms with Crippen LogP contribution >= 0.6 is 0 Å². The Kier molecular flexibility index (Phi) is 4.16. The maximum Gasteiger partial charge on any atom is 0.230 e. The Morgan fingerprint density at radius 2 is 1.84 bits per heavy atom. The van der Waals surface area contributed by atoms with Gasteiger partial charge in [0.2, 0.25) is 11.8 Å². The van der Waals surface area contributed by atoms with E-state index in [1.807, 2.05) is 26.0 Å². The summed E-state index contributed by atoms with van der Waals surface area (Å²) < 4.78 is 0. The molecule has 0 atom stereocenters. The molecule has 19 heavy (non-hydrogen) atoms. The zero-order chi connectivity index (χ0) is 13.8. The molecule has 1 saturated heterocycles. The highest BCUT2D eigenvalue weighted by Crippen LogP contribution is 2.17. The highest BCUT2D eigenvalue weighted by Gasteiger charge is 2.24. The molecule has 1 fully saturated rings. The minimum atomic E-state index is -0.0701. The van der Waals surface area contributed by atoms with Crippen molar-refractivity contribution >= 4 is 23.2 Å². The molecule has 5 heteroatoms. The van der Waals surface area contributed by atoms with Crippen LogP contribution in [0.4, 0.5) is 11.4 Å². The van der Waals surface area contributed by atoms with E-state index < -0.39 is 0 Å². The summed E-state index contributed by atoms with van der Waals surface area (Å²) in [6, 6.07) is 7.20. The number of carbonyl (C=O) groups excluding carboxylic acids is 2. The van der Waals surface area contributed by atoms with E-state index in [1.165, 1.54) is 0 Å². The Hall–Kier alpha value is -1.88. The molecule has 1 heterocycles. The second kappa shape index (κ2) is 5.84. The number of hydrogen-bond acceptors (Lipinski definition) is 3. The molecule has 1 aromatic carbocycles. The summed E-state index contributed by atoms with van der Waals surface area (Å²) >= 11 is 0. The number of nitrogens with one attached hydrogen (secondary N) is 3. The van der Waals surface area contributed by atoms with Crippen molar-refractivity contribution in [1.29, 1.82) is 0 Å². The van der Waals surface area contributed by atoms with E-state index in [4.69, 9.17) is 0 Å². The van der Waals surface area contributed by atoms with Crippen LogP contribution in [0.15, 0.2) is 24.3 Å². The monoisotopic (exact) mass is 261 g/mol. The largest absolute Gasteiger partial charge is 0.326 e. The third kappa shape index (κ3) is 3.54. The van der Waals surface area contributed by atoms with E-state index in [9.17, 15) is 9.59 Å². The Balaban J connectivity index is 1.98. The fraction of sp³-hybridized carbons (Fsp3) is 0.429. The molecular weight excluding hydrogens is 242 g/mol. The molecule has 5 nitrogen and oxygen atoms in total. The van der Waals surface area contributed by atoms with Crippen molar-refractivity contribution in [1.82, 2.24) is 5.32 Å². The van der Waals surface area contributed by atoms with Crippen LogP contribution in [-0.4, -0.2) is 24.9 Å². The van der Waals surface area contributed by atoms with Crippen molar-refractivity contribution in [3.8, 4) is 0 Å². The average molecular weight is 261 g/mol. The van der Waals surface area contributed by atoms with Gasteiger partial charge in [-0.25, -0.2) is 0 Å². The normalized spacial score (nSPS) is 14.9. The number of benzene rings is 1. The van der Waals surface area contributed by atoms with Gasteiger partial charge in [-0.2, -0.15) is 0 Å². The third-order valence-corrected chi connectivity index (χ3v) is 3.07. The van der Waals surface area contributed by atoms with Crippen LogP contribution in [0.3, 0.4) is 0 Å². The minimum absolute atomic E-state index is 0.0195. The zero-order valence-electron chi connectivity index (χ0n) is 11.2. The number of carbonyl (C=O) groups is 2.